The van der Waals surface area contributed by atoms with Crippen LogP contribution in [0.4, 0.5) is 0 Å². The van der Waals surface area contributed by atoms with Crippen LogP contribution in [-0.4, -0.2) is 35.4 Å². The highest BCUT2D eigenvalue weighted by atomic mass is 16.5. The zero-order valence-electron chi connectivity index (χ0n) is 9.72. The summed E-state index contributed by atoms with van der Waals surface area (Å²) in [6, 6.07) is 6.17. The van der Waals surface area contributed by atoms with Gasteiger partial charge in [0.05, 0.1) is 12.6 Å². The molecule has 1 aromatic rings. The third-order valence-corrected chi connectivity index (χ3v) is 2.30. The number of para-hydroxylation sites is 2. The molecule has 3 N–H and O–H groups in total. The zero-order chi connectivity index (χ0) is 12.7. The number of aliphatic hydroxyl groups excluding tert-OH is 1. The summed E-state index contributed by atoms with van der Waals surface area (Å²) in [5.41, 5.74) is 0. The highest BCUT2D eigenvalue weighted by Gasteiger charge is 2.10. The highest BCUT2D eigenvalue weighted by molar-refractivity contribution is 5.77. The van der Waals surface area contributed by atoms with Gasteiger partial charge in [-0.2, -0.15) is 0 Å². The summed E-state index contributed by atoms with van der Waals surface area (Å²) in [5.74, 6) is -0.0663. The van der Waals surface area contributed by atoms with Crippen LogP contribution in [0.2, 0.25) is 0 Å². The second kappa shape index (κ2) is 6.75. The topological polar surface area (TPSA) is 78.8 Å². The van der Waals surface area contributed by atoms with Gasteiger partial charge < -0.3 is 20.3 Å². The average molecular weight is 239 g/mol. The Morgan fingerprint density at radius 1 is 1.47 bits per heavy atom. The Morgan fingerprint density at radius 2 is 2.18 bits per heavy atom. The van der Waals surface area contributed by atoms with E-state index < -0.39 is 0 Å². The molecule has 5 nitrogen and oxygen atoms in total. The van der Waals surface area contributed by atoms with E-state index in [1.807, 2.05) is 6.92 Å². The van der Waals surface area contributed by atoms with Crippen molar-refractivity contribution in [1.82, 2.24) is 5.32 Å². The predicted octanol–water partition coefficient (Wildman–Crippen LogP) is 0.658. The molecule has 94 valence electrons. The minimum absolute atomic E-state index is 0.00509. The molecule has 0 aromatic heterocycles. The fraction of sp³-hybridized carbons (Fsp3) is 0.417. The Labute approximate surface area is 100 Å². The molecule has 1 rings (SSSR count). The fourth-order valence-electron chi connectivity index (χ4n) is 1.27. The van der Waals surface area contributed by atoms with Crippen LogP contribution in [0.1, 0.15) is 13.3 Å². The van der Waals surface area contributed by atoms with E-state index in [9.17, 15) is 9.90 Å². The lowest BCUT2D eigenvalue weighted by Crippen LogP contribution is -2.39. The van der Waals surface area contributed by atoms with Crippen molar-refractivity contribution < 1.29 is 19.7 Å². The van der Waals surface area contributed by atoms with Gasteiger partial charge >= 0.3 is 0 Å². The van der Waals surface area contributed by atoms with Crippen LogP contribution in [0, 0.1) is 0 Å². The van der Waals surface area contributed by atoms with Crippen LogP contribution in [0.25, 0.3) is 0 Å². The number of aromatic hydroxyl groups is 1. The lowest BCUT2D eigenvalue weighted by Gasteiger charge is -2.14. The number of ether oxygens (including phenoxy) is 1. The Bertz CT molecular complexity index is 363. The number of hydrogen-bond acceptors (Lipinski definition) is 4. The molecule has 1 amide bonds. The third-order valence-electron chi connectivity index (χ3n) is 2.30. The summed E-state index contributed by atoms with van der Waals surface area (Å²) < 4.78 is 5.14. The van der Waals surface area contributed by atoms with Crippen molar-refractivity contribution in [1.29, 1.82) is 0 Å². The highest BCUT2D eigenvalue weighted by Crippen LogP contribution is 2.23. The van der Waals surface area contributed by atoms with E-state index in [1.165, 1.54) is 6.07 Å². The van der Waals surface area contributed by atoms with Gasteiger partial charge in [0.1, 0.15) is 0 Å². The third kappa shape index (κ3) is 4.32. The van der Waals surface area contributed by atoms with Gasteiger partial charge in [-0.15, -0.1) is 0 Å². The predicted molar refractivity (Wildman–Crippen MR) is 62.9 cm³/mol. The van der Waals surface area contributed by atoms with E-state index in [0.29, 0.717) is 6.42 Å². The molecule has 0 spiro atoms. The number of carbonyl (C=O) groups excluding carboxylic acids is 1. The molecule has 17 heavy (non-hydrogen) atoms. The number of nitrogens with one attached hydrogen (secondary N) is 1. The lowest BCUT2D eigenvalue weighted by atomic mass is 10.2. The van der Waals surface area contributed by atoms with Gasteiger partial charge in [-0.3, -0.25) is 4.79 Å². The van der Waals surface area contributed by atoms with Gasteiger partial charge in [-0.1, -0.05) is 19.1 Å². The van der Waals surface area contributed by atoms with E-state index in [0.717, 1.165) is 0 Å². The summed E-state index contributed by atoms with van der Waals surface area (Å²) in [7, 11) is 0. The Hall–Kier alpha value is -1.75. The summed E-state index contributed by atoms with van der Waals surface area (Å²) in [6.07, 6.45) is 0.652. The molecule has 0 aliphatic carbocycles. The van der Waals surface area contributed by atoms with Crippen LogP contribution >= 0.6 is 0 Å². The molecular formula is C12H17NO4. The quantitative estimate of drug-likeness (QED) is 0.681. The molecular weight excluding hydrogens is 222 g/mol. The monoisotopic (exact) mass is 239 g/mol. The number of amides is 1. The lowest BCUT2D eigenvalue weighted by molar-refractivity contribution is -0.124. The molecule has 0 bridgehead atoms. The van der Waals surface area contributed by atoms with Gasteiger partial charge in [0.2, 0.25) is 0 Å². The van der Waals surface area contributed by atoms with Crippen molar-refractivity contribution in [2.75, 3.05) is 13.2 Å². The van der Waals surface area contributed by atoms with Crippen LogP contribution < -0.4 is 10.1 Å². The van der Waals surface area contributed by atoms with Gasteiger partial charge in [-0.25, -0.2) is 0 Å². The number of phenols is 1. The van der Waals surface area contributed by atoms with Crippen molar-refractivity contribution in [2.45, 2.75) is 19.4 Å². The standard InChI is InChI=1S/C12H17NO4/c1-2-9(7-14)13-12(16)8-17-11-6-4-3-5-10(11)15/h3-6,9,14-15H,2,7-8H2,1H3,(H,13,16). The van der Waals surface area contributed by atoms with E-state index in [-0.39, 0.29) is 36.7 Å². The molecule has 0 fully saturated rings. The second-order valence-corrected chi connectivity index (χ2v) is 3.61. The van der Waals surface area contributed by atoms with Crippen molar-refractivity contribution in [3.63, 3.8) is 0 Å². The van der Waals surface area contributed by atoms with E-state index in [4.69, 9.17) is 9.84 Å². The number of aliphatic hydroxyl groups is 1. The van der Waals surface area contributed by atoms with Crippen LogP contribution in [0.15, 0.2) is 24.3 Å². The van der Waals surface area contributed by atoms with E-state index in [2.05, 4.69) is 5.32 Å². The molecule has 0 radical (unpaired) electrons. The average Bonchev–Trinajstić information content (AvgIpc) is 2.35. The molecule has 0 aliphatic heterocycles. The SMILES string of the molecule is CCC(CO)NC(=O)COc1ccccc1O. The number of benzene rings is 1. The summed E-state index contributed by atoms with van der Waals surface area (Å²) in [6.45, 7) is 1.58. The maximum Gasteiger partial charge on any atom is 0.258 e. The number of rotatable bonds is 6. The Morgan fingerprint density at radius 3 is 2.76 bits per heavy atom. The molecule has 1 aromatic carbocycles. The Kier molecular flexibility index (Phi) is 5.29. The van der Waals surface area contributed by atoms with Crippen molar-refractivity contribution in [3.8, 4) is 11.5 Å². The summed E-state index contributed by atoms with van der Waals surface area (Å²) in [4.78, 5) is 11.4. The molecule has 0 saturated heterocycles. The summed E-state index contributed by atoms with van der Waals surface area (Å²) in [5, 5.41) is 20.9. The van der Waals surface area contributed by atoms with Crippen molar-refractivity contribution >= 4 is 5.91 Å². The number of carbonyl (C=O) groups is 1. The first kappa shape index (κ1) is 13.3. The normalized spacial score (nSPS) is 11.9. The molecule has 1 unspecified atom stereocenters. The maximum absolute atomic E-state index is 11.4. The smallest absolute Gasteiger partial charge is 0.258 e. The second-order valence-electron chi connectivity index (χ2n) is 3.61. The number of phenolic OH excluding ortho intramolecular Hbond substituents is 1. The first-order valence-electron chi connectivity index (χ1n) is 5.48. The zero-order valence-corrected chi connectivity index (χ0v) is 9.72. The van der Waals surface area contributed by atoms with Crippen LogP contribution in [0.5, 0.6) is 11.5 Å². The number of hydrogen-bond donors (Lipinski definition) is 3. The first-order chi connectivity index (χ1) is 8.17. The fourth-order valence-corrected chi connectivity index (χ4v) is 1.27. The van der Waals surface area contributed by atoms with E-state index in [1.54, 1.807) is 18.2 Å². The molecule has 1 atom stereocenters. The first-order valence-corrected chi connectivity index (χ1v) is 5.48. The van der Waals surface area contributed by atoms with Crippen molar-refractivity contribution in [3.05, 3.63) is 24.3 Å². The van der Waals surface area contributed by atoms with E-state index >= 15 is 0 Å². The van der Waals surface area contributed by atoms with Crippen molar-refractivity contribution in [2.24, 2.45) is 0 Å². The van der Waals surface area contributed by atoms with Gasteiger partial charge in [0.25, 0.3) is 5.91 Å². The van der Waals surface area contributed by atoms with Crippen LogP contribution in [0.3, 0.4) is 0 Å². The molecule has 0 aliphatic rings. The van der Waals surface area contributed by atoms with Gasteiger partial charge in [-0.05, 0) is 18.6 Å². The molecule has 0 saturated carbocycles. The maximum atomic E-state index is 11.4. The Balaban J connectivity index is 2.41. The van der Waals surface area contributed by atoms with Crippen LogP contribution in [-0.2, 0) is 4.79 Å². The van der Waals surface area contributed by atoms with Gasteiger partial charge in [0.15, 0.2) is 18.1 Å². The molecule has 5 heteroatoms. The van der Waals surface area contributed by atoms with Gasteiger partial charge in [0, 0.05) is 0 Å². The minimum atomic E-state index is -0.325. The molecule has 0 heterocycles. The largest absolute Gasteiger partial charge is 0.504 e. The summed E-state index contributed by atoms with van der Waals surface area (Å²) >= 11 is 0. The minimum Gasteiger partial charge on any atom is -0.504 e.